The van der Waals surface area contributed by atoms with Crippen molar-refractivity contribution in [3.63, 3.8) is 0 Å². The molecule has 0 bridgehead atoms. The maximum Gasteiger partial charge on any atom is 0.304 e. The smallest absolute Gasteiger partial charge is 0.304 e. The number of hydrogen-bond donors (Lipinski definition) is 1. The van der Waals surface area contributed by atoms with Crippen molar-refractivity contribution in [3.8, 4) is 0 Å². The fraction of sp³-hybridized carbons (Fsp3) is 0.600. The largest absolute Gasteiger partial charge is 0.481 e. The van der Waals surface area contributed by atoms with Crippen molar-refractivity contribution in [2.24, 2.45) is 0 Å². The van der Waals surface area contributed by atoms with E-state index in [2.05, 4.69) is 17.3 Å². The second-order valence-corrected chi connectivity index (χ2v) is 4.41. The minimum Gasteiger partial charge on any atom is -0.481 e. The molecule has 0 aliphatic heterocycles. The minimum absolute atomic E-state index is 0.183. The van der Waals surface area contributed by atoms with Crippen molar-refractivity contribution in [2.45, 2.75) is 26.3 Å². The first kappa shape index (κ1) is 12.1. The number of aliphatic carboxylic acids is 1. The highest BCUT2D eigenvalue weighted by Gasteiger charge is 2.06. The van der Waals surface area contributed by atoms with Crippen LogP contribution in [-0.4, -0.2) is 34.6 Å². The van der Waals surface area contributed by atoms with Crippen LogP contribution in [-0.2, 0) is 17.8 Å². The van der Waals surface area contributed by atoms with Crippen molar-refractivity contribution in [3.05, 3.63) is 16.1 Å². The van der Waals surface area contributed by atoms with Crippen molar-refractivity contribution in [1.82, 2.24) is 9.88 Å². The molecule has 15 heavy (non-hydrogen) atoms. The molecule has 0 saturated heterocycles. The molecular formula is C10H16N2O2S. The number of aromatic nitrogens is 1. The standard InChI is InChI=1S/C10H16N2O2S/c1-3-8-7-15-9(11-8)6-12(2)5-4-10(13)14/h7H,3-6H2,1-2H3,(H,13,14). The van der Waals surface area contributed by atoms with Crippen molar-refractivity contribution in [2.75, 3.05) is 13.6 Å². The third-order valence-corrected chi connectivity index (χ3v) is 2.96. The van der Waals surface area contributed by atoms with Crippen LogP contribution >= 0.6 is 11.3 Å². The monoisotopic (exact) mass is 228 g/mol. The van der Waals surface area contributed by atoms with E-state index in [0.29, 0.717) is 6.54 Å². The lowest BCUT2D eigenvalue weighted by atomic mass is 10.4. The lowest BCUT2D eigenvalue weighted by Crippen LogP contribution is -2.21. The molecule has 1 aromatic heterocycles. The average molecular weight is 228 g/mol. The zero-order valence-electron chi connectivity index (χ0n) is 9.06. The van der Waals surface area contributed by atoms with Crippen molar-refractivity contribution < 1.29 is 9.90 Å². The zero-order valence-corrected chi connectivity index (χ0v) is 9.88. The normalized spacial score (nSPS) is 10.9. The lowest BCUT2D eigenvalue weighted by molar-refractivity contribution is -0.137. The molecule has 1 N–H and O–H groups in total. The molecule has 0 saturated carbocycles. The fourth-order valence-electron chi connectivity index (χ4n) is 1.18. The SMILES string of the molecule is CCc1csc(CN(C)CCC(=O)O)n1. The Hall–Kier alpha value is -0.940. The Kier molecular flexibility index (Phi) is 4.71. The maximum absolute atomic E-state index is 10.4. The zero-order chi connectivity index (χ0) is 11.3. The highest BCUT2D eigenvalue weighted by Crippen LogP contribution is 2.12. The van der Waals surface area contributed by atoms with E-state index in [1.807, 2.05) is 11.9 Å². The van der Waals surface area contributed by atoms with Gasteiger partial charge in [-0.25, -0.2) is 4.98 Å². The molecule has 0 radical (unpaired) electrons. The highest BCUT2D eigenvalue weighted by atomic mass is 32.1. The quantitative estimate of drug-likeness (QED) is 0.803. The van der Waals surface area contributed by atoms with Crippen LogP contribution in [0.2, 0.25) is 0 Å². The summed E-state index contributed by atoms with van der Waals surface area (Å²) >= 11 is 1.64. The molecule has 0 aromatic carbocycles. The van der Waals surface area contributed by atoms with E-state index in [4.69, 9.17) is 5.11 Å². The van der Waals surface area contributed by atoms with E-state index in [0.717, 1.165) is 23.7 Å². The van der Waals surface area contributed by atoms with Gasteiger partial charge in [0.2, 0.25) is 0 Å². The van der Waals surface area contributed by atoms with E-state index in [-0.39, 0.29) is 6.42 Å². The molecule has 1 heterocycles. The summed E-state index contributed by atoms with van der Waals surface area (Å²) < 4.78 is 0. The molecule has 1 aromatic rings. The molecule has 0 aliphatic rings. The molecule has 0 amide bonds. The van der Waals surface area contributed by atoms with Crippen LogP contribution in [0.1, 0.15) is 24.0 Å². The Bertz CT molecular complexity index is 325. The predicted molar refractivity (Wildman–Crippen MR) is 60.1 cm³/mol. The van der Waals surface area contributed by atoms with Crippen LogP contribution in [0, 0.1) is 0 Å². The van der Waals surface area contributed by atoms with E-state index < -0.39 is 5.97 Å². The molecule has 1 rings (SSSR count). The third kappa shape index (κ3) is 4.40. The van der Waals surface area contributed by atoms with Gasteiger partial charge in [-0.1, -0.05) is 6.92 Å². The van der Waals surface area contributed by atoms with Crippen LogP contribution in [0.5, 0.6) is 0 Å². The molecule has 0 atom stereocenters. The number of aryl methyl sites for hydroxylation is 1. The molecule has 5 heteroatoms. The summed E-state index contributed by atoms with van der Waals surface area (Å²) in [7, 11) is 1.91. The summed E-state index contributed by atoms with van der Waals surface area (Å²) in [6, 6.07) is 0. The third-order valence-electron chi connectivity index (χ3n) is 2.07. The van der Waals surface area contributed by atoms with Gasteiger partial charge in [0.15, 0.2) is 0 Å². The van der Waals surface area contributed by atoms with E-state index >= 15 is 0 Å². The van der Waals surface area contributed by atoms with Crippen LogP contribution < -0.4 is 0 Å². The number of nitrogens with zero attached hydrogens (tertiary/aromatic N) is 2. The second kappa shape index (κ2) is 5.82. The Morgan fingerprint density at radius 1 is 1.67 bits per heavy atom. The Labute approximate surface area is 93.6 Å². The summed E-state index contributed by atoms with van der Waals surface area (Å²) in [6.07, 6.45) is 1.14. The highest BCUT2D eigenvalue weighted by molar-refractivity contribution is 7.09. The minimum atomic E-state index is -0.754. The fourth-order valence-corrected chi connectivity index (χ4v) is 2.14. The molecule has 0 aliphatic carbocycles. The second-order valence-electron chi connectivity index (χ2n) is 3.47. The molecule has 4 nitrogen and oxygen atoms in total. The van der Waals surface area contributed by atoms with Gasteiger partial charge in [0.05, 0.1) is 18.7 Å². The average Bonchev–Trinajstić information content (AvgIpc) is 2.62. The number of rotatable bonds is 6. The maximum atomic E-state index is 10.4. The van der Waals surface area contributed by atoms with Gasteiger partial charge in [0.25, 0.3) is 0 Å². The number of carboxylic acids is 1. The number of carboxylic acid groups (broad SMARTS) is 1. The van der Waals surface area contributed by atoms with Gasteiger partial charge in [-0.15, -0.1) is 11.3 Å². The van der Waals surface area contributed by atoms with E-state index in [1.54, 1.807) is 11.3 Å². The summed E-state index contributed by atoms with van der Waals surface area (Å²) in [4.78, 5) is 16.8. The van der Waals surface area contributed by atoms with Gasteiger partial charge in [0.1, 0.15) is 5.01 Å². The molecule has 84 valence electrons. The Morgan fingerprint density at radius 2 is 2.40 bits per heavy atom. The van der Waals surface area contributed by atoms with Crippen LogP contribution in [0.25, 0.3) is 0 Å². The van der Waals surface area contributed by atoms with Gasteiger partial charge in [-0.3, -0.25) is 9.69 Å². The summed E-state index contributed by atoms with van der Waals surface area (Å²) in [6.45, 7) is 3.38. The van der Waals surface area contributed by atoms with Gasteiger partial charge < -0.3 is 5.11 Å². The Morgan fingerprint density at radius 3 is 2.93 bits per heavy atom. The number of carbonyl (C=O) groups is 1. The number of thiazole rings is 1. The van der Waals surface area contributed by atoms with Gasteiger partial charge in [-0.05, 0) is 13.5 Å². The van der Waals surface area contributed by atoms with Crippen molar-refractivity contribution in [1.29, 1.82) is 0 Å². The topological polar surface area (TPSA) is 53.4 Å². The van der Waals surface area contributed by atoms with Gasteiger partial charge in [-0.2, -0.15) is 0 Å². The predicted octanol–water partition coefficient (Wildman–Crippen LogP) is 1.61. The first-order valence-electron chi connectivity index (χ1n) is 4.95. The van der Waals surface area contributed by atoms with Crippen LogP contribution in [0.3, 0.4) is 0 Å². The summed E-state index contributed by atoms with van der Waals surface area (Å²) in [5.74, 6) is -0.754. The lowest BCUT2D eigenvalue weighted by Gasteiger charge is -2.12. The molecular weight excluding hydrogens is 212 g/mol. The van der Waals surface area contributed by atoms with Crippen LogP contribution in [0.4, 0.5) is 0 Å². The van der Waals surface area contributed by atoms with E-state index in [9.17, 15) is 4.79 Å². The van der Waals surface area contributed by atoms with E-state index in [1.165, 1.54) is 0 Å². The van der Waals surface area contributed by atoms with Crippen LogP contribution in [0.15, 0.2) is 5.38 Å². The molecule has 0 fully saturated rings. The first-order chi connectivity index (χ1) is 7.11. The van der Waals surface area contributed by atoms with Gasteiger partial charge >= 0.3 is 5.97 Å². The molecule has 0 unspecified atom stereocenters. The Balaban J connectivity index is 2.36. The van der Waals surface area contributed by atoms with Crippen molar-refractivity contribution >= 4 is 17.3 Å². The summed E-state index contributed by atoms with van der Waals surface area (Å²) in [5.41, 5.74) is 1.11. The molecule has 0 spiro atoms. The van der Waals surface area contributed by atoms with Gasteiger partial charge in [0, 0.05) is 11.9 Å². The summed E-state index contributed by atoms with van der Waals surface area (Å²) in [5, 5.41) is 11.6. The first-order valence-corrected chi connectivity index (χ1v) is 5.83. The number of hydrogen-bond acceptors (Lipinski definition) is 4.